The van der Waals surface area contributed by atoms with E-state index in [1.807, 2.05) is 0 Å². The molecule has 1 aliphatic heterocycles. The maximum atomic E-state index is 14.1. The highest BCUT2D eigenvalue weighted by molar-refractivity contribution is 6.30. The van der Waals surface area contributed by atoms with Crippen LogP contribution >= 0.6 is 11.6 Å². The van der Waals surface area contributed by atoms with E-state index in [1.165, 1.54) is 0 Å². The summed E-state index contributed by atoms with van der Waals surface area (Å²) in [6, 6.07) is 0. The lowest BCUT2D eigenvalue weighted by molar-refractivity contribution is -0.146. The number of methoxy groups -OCH3 is 1. The number of nitrogens with zero attached hydrogens (tertiary/aromatic N) is 2. The van der Waals surface area contributed by atoms with E-state index in [1.54, 1.807) is 6.92 Å². The third-order valence-electron chi connectivity index (χ3n) is 2.94. The normalized spacial score (nSPS) is 20.3. The van der Waals surface area contributed by atoms with Gasteiger partial charge in [0.1, 0.15) is 11.0 Å². The Morgan fingerprint density at radius 3 is 2.89 bits per heavy atom. The maximum absolute atomic E-state index is 14.1. The smallest absolute Gasteiger partial charge is 0.346 e. The molecule has 1 aliphatic rings. The monoisotopic (exact) mass is 288 g/mol. The minimum Gasteiger partial charge on any atom is -0.467 e. The predicted octanol–water partition coefficient (Wildman–Crippen LogP) is 2.47. The zero-order chi connectivity index (χ0) is 14.0. The molecule has 0 amide bonds. The molecule has 0 N–H and O–H groups in total. The molecule has 104 valence electrons. The van der Waals surface area contributed by atoms with Crippen LogP contribution in [0.1, 0.15) is 42.2 Å². The second-order valence-corrected chi connectivity index (χ2v) is 4.61. The van der Waals surface area contributed by atoms with Crippen molar-refractivity contribution in [2.75, 3.05) is 13.7 Å². The van der Waals surface area contributed by atoms with Crippen molar-refractivity contribution in [3.8, 4) is 0 Å². The Hall–Kier alpha value is -1.27. The van der Waals surface area contributed by atoms with Crippen molar-refractivity contribution in [3.63, 3.8) is 0 Å². The summed E-state index contributed by atoms with van der Waals surface area (Å²) in [4.78, 5) is 19.4. The summed E-state index contributed by atoms with van der Waals surface area (Å²) in [7, 11) is 1.12. The van der Waals surface area contributed by atoms with Crippen LogP contribution in [0.25, 0.3) is 0 Å². The first-order chi connectivity index (χ1) is 9.04. The molecule has 2 atom stereocenters. The molecule has 7 heteroatoms. The van der Waals surface area contributed by atoms with Gasteiger partial charge >= 0.3 is 5.97 Å². The Kier molecular flexibility index (Phi) is 4.31. The Morgan fingerprint density at radius 1 is 1.58 bits per heavy atom. The van der Waals surface area contributed by atoms with Gasteiger partial charge in [0, 0.05) is 12.2 Å². The van der Waals surface area contributed by atoms with Crippen molar-refractivity contribution < 1.29 is 18.7 Å². The predicted molar refractivity (Wildman–Crippen MR) is 65.6 cm³/mol. The Morgan fingerprint density at radius 2 is 2.32 bits per heavy atom. The van der Waals surface area contributed by atoms with Crippen LogP contribution in [0.15, 0.2) is 0 Å². The zero-order valence-corrected chi connectivity index (χ0v) is 11.4. The van der Waals surface area contributed by atoms with Crippen LogP contribution in [-0.2, 0) is 14.3 Å². The van der Waals surface area contributed by atoms with Gasteiger partial charge in [0.05, 0.1) is 18.9 Å². The molecule has 19 heavy (non-hydrogen) atoms. The van der Waals surface area contributed by atoms with E-state index >= 15 is 0 Å². The van der Waals surface area contributed by atoms with E-state index in [0.29, 0.717) is 24.4 Å². The van der Waals surface area contributed by atoms with Crippen molar-refractivity contribution >= 4 is 17.6 Å². The third kappa shape index (κ3) is 2.84. The number of hydrogen-bond donors (Lipinski definition) is 0. The largest absolute Gasteiger partial charge is 0.467 e. The molecule has 5 nitrogen and oxygen atoms in total. The van der Waals surface area contributed by atoms with Crippen molar-refractivity contribution in [3.05, 3.63) is 22.2 Å². The summed E-state index contributed by atoms with van der Waals surface area (Å²) >= 11 is 6.06. The zero-order valence-electron chi connectivity index (χ0n) is 10.7. The summed E-state index contributed by atoms with van der Waals surface area (Å²) in [5, 5.41) is 0.126. The lowest BCUT2D eigenvalue weighted by Crippen LogP contribution is -2.17. The van der Waals surface area contributed by atoms with E-state index in [4.69, 9.17) is 16.3 Å². The number of hydrogen-bond acceptors (Lipinski definition) is 5. The molecule has 0 spiro atoms. The highest BCUT2D eigenvalue weighted by atomic mass is 35.5. The average molecular weight is 289 g/mol. The summed E-state index contributed by atoms with van der Waals surface area (Å²) in [6.45, 7) is 2.15. The standard InChI is InChI=1S/C12H14ClFN2O3/c1-6-15-10(9(14)12(17)18-2)8(11(13)16-6)7-4-3-5-19-7/h7,9H,3-5H2,1-2H3. The highest BCUT2D eigenvalue weighted by Gasteiger charge is 2.32. The maximum Gasteiger partial charge on any atom is 0.346 e. The molecule has 0 aliphatic carbocycles. The van der Waals surface area contributed by atoms with Crippen LogP contribution in [0.3, 0.4) is 0 Å². The number of aromatic nitrogens is 2. The quantitative estimate of drug-likeness (QED) is 0.631. The molecule has 0 bridgehead atoms. The first-order valence-corrected chi connectivity index (χ1v) is 6.29. The lowest BCUT2D eigenvalue weighted by atomic mass is 10.0. The third-order valence-corrected chi connectivity index (χ3v) is 3.23. The molecule has 1 aromatic rings. The number of ether oxygens (including phenoxy) is 2. The van der Waals surface area contributed by atoms with Gasteiger partial charge in [0.15, 0.2) is 0 Å². The number of carbonyl (C=O) groups is 1. The fraction of sp³-hybridized carbons (Fsp3) is 0.583. The van der Waals surface area contributed by atoms with Crippen LogP contribution in [-0.4, -0.2) is 29.7 Å². The Balaban J connectivity index is 2.47. The minimum absolute atomic E-state index is 0.0590. The summed E-state index contributed by atoms with van der Waals surface area (Å²) in [5.74, 6) is -0.707. The minimum atomic E-state index is -1.98. The molecule has 2 unspecified atom stereocenters. The van der Waals surface area contributed by atoms with Crippen LogP contribution < -0.4 is 0 Å². The Bertz CT molecular complexity index is 492. The van der Waals surface area contributed by atoms with Crippen molar-refractivity contribution in [2.24, 2.45) is 0 Å². The van der Waals surface area contributed by atoms with Crippen LogP contribution in [0.5, 0.6) is 0 Å². The average Bonchev–Trinajstić information content (AvgIpc) is 2.89. The lowest BCUT2D eigenvalue weighted by Gasteiger charge is -2.17. The van der Waals surface area contributed by atoms with Gasteiger partial charge in [-0.3, -0.25) is 0 Å². The Labute approximate surface area is 115 Å². The fourth-order valence-corrected chi connectivity index (χ4v) is 2.42. The number of halogens is 2. The molecule has 0 aromatic carbocycles. The molecule has 2 rings (SSSR count). The van der Waals surface area contributed by atoms with E-state index in [-0.39, 0.29) is 17.0 Å². The number of carbonyl (C=O) groups excluding carboxylic acids is 1. The molecule has 1 fully saturated rings. The van der Waals surface area contributed by atoms with Gasteiger partial charge < -0.3 is 9.47 Å². The van der Waals surface area contributed by atoms with Gasteiger partial charge in [-0.15, -0.1) is 0 Å². The second kappa shape index (κ2) is 5.79. The molecule has 0 radical (unpaired) electrons. The summed E-state index contributed by atoms with van der Waals surface area (Å²) in [5.41, 5.74) is 0.291. The van der Waals surface area contributed by atoms with Crippen molar-refractivity contribution in [1.82, 2.24) is 9.97 Å². The van der Waals surface area contributed by atoms with E-state index in [2.05, 4.69) is 14.7 Å². The highest BCUT2D eigenvalue weighted by Crippen LogP contribution is 2.37. The first-order valence-electron chi connectivity index (χ1n) is 5.92. The van der Waals surface area contributed by atoms with Gasteiger partial charge in [0.25, 0.3) is 0 Å². The second-order valence-electron chi connectivity index (χ2n) is 4.25. The number of esters is 1. The molecular weight excluding hydrogens is 275 g/mol. The van der Waals surface area contributed by atoms with Crippen molar-refractivity contribution in [2.45, 2.75) is 32.0 Å². The number of alkyl halides is 1. The molecule has 1 saturated heterocycles. The van der Waals surface area contributed by atoms with Gasteiger partial charge in [-0.1, -0.05) is 11.6 Å². The molecule has 0 saturated carbocycles. The molecule has 2 heterocycles. The molecular formula is C12H14ClFN2O3. The number of aryl methyl sites for hydroxylation is 1. The van der Waals surface area contributed by atoms with Gasteiger partial charge in [0.2, 0.25) is 6.17 Å². The van der Waals surface area contributed by atoms with Gasteiger partial charge in [-0.25, -0.2) is 19.2 Å². The summed E-state index contributed by atoms with van der Waals surface area (Å²) in [6.07, 6.45) is -0.800. The number of rotatable bonds is 3. The summed E-state index contributed by atoms with van der Waals surface area (Å²) < 4.78 is 24.0. The SMILES string of the molecule is COC(=O)C(F)c1nc(C)nc(Cl)c1C1CCCO1. The fourth-order valence-electron chi connectivity index (χ4n) is 2.08. The van der Waals surface area contributed by atoms with Crippen LogP contribution in [0.4, 0.5) is 4.39 Å². The van der Waals surface area contributed by atoms with Crippen molar-refractivity contribution in [1.29, 1.82) is 0 Å². The topological polar surface area (TPSA) is 61.3 Å². The molecule has 1 aromatic heterocycles. The van der Waals surface area contributed by atoms with E-state index in [9.17, 15) is 9.18 Å². The van der Waals surface area contributed by atoms with Gasteiger partial charge in [-0.2, -0.15) is 0 Å². The van der Waals surface area contributed by atoms with E-state index < -0.39 is 12.1 Å². The first kappa shape index (κ1) is 14.1. The van der Waals surface area contributed by atoms with Crippen LogP contribution in [0.2, 0.25) is 5.15 Å². The van der Waals surface area contributed by atoms with E-state index in [0.717, 1.165) is 13.5 Å². The van der Waals surface area contributed by atoms with Crippen LogP contribution in [0, 0.1) is 6.92 Å². The van der Waals surface area contributed by atoms with Gasteiger partial charge in [-0.05, 0) is 19.8 Å².